The Morgan fingerprint density at radius 3 is 2.00 bits per heavy atom. The smallest absolute Gasteiger partial charge is 0.338 e. The standard InChI is InChI=1S/C11H11N3O2.C9H8O4/c12-5-8-2-1-3-10(4-8)14-7-9(6-13-14)11(15)16;1-5-2-6(8(10)11)4-7(3-5)9(12)13/h1-4,6-7H,5,12H2,(H,15,16);2-4H,1H3,(H,10,11)(H,12,13). The van der Waals surface area contributed by atoms with Gasteiger partial charge in [0.25, 0.3) is 0 Å². The van der Waals surface area contributed by atoms with E-state index >= 15 is 0 Å². The molecule has 0 unspecified atom stereocenters. The number of carbonyl (C=O) groups is 3. The molecule has 0 saturated carbocycles. The molecular formula is C20H19N3O6. The van der Waals surface area contributed by atoms with Crippen LogP contribution in [0.3, 0.4) is 0 Å². The van der Waals surface area contributed by atoms with Gasteiger partial charge in [0.15, 0.2) is 0 Å². The highest BCUT2D eigenvalue weighted by Crippen LogP contribution is 2.11. The van der Waals surface area contributed by atoms with Crippen LogP contribution in [0.15, 0.2) is 54.9 Å². The first-order chi connectivity index (χ1) is 13.7. The molecule has 9 heteroatoms. The first-order valence-corrected chi connectivity index (χ1v) is 8.37. The Hall–Kier alpha value is -3.98. The van der Waals surface area contributed by atoms with E-state index in [2.05, 4.69) is 5.10 Å². The largest absolute Gasteiger partial charge is 0.478 e. The number of nitrogens with two attached hydrogens (primary N) is 1. The zero-order valence-electron chi connectivity index (χ0n) is 15.4. The summed E-state index contributed by atoms with van der Waals surface area (Å²) in [4.78, 5) is 31.8. The SMILES string of the molecule is Cc1cc(C(=O)O)cc(C(=O)O)c1.NCc1cccc(-n2cc(C(=O)O)cn2)c1. The summed E-state index contributed by atoms with van der Waals surface area (Å²) in [7, 11) is 0. The second-order valence-electron chi connectivity index (χ2n) is 6.05. The molecular weight excluding hydrogens is 378 g/mol. The van der Waals surface area contributed by atoms with E-state index in [0.717, 1.165) is 17.3 Å². The van der Waals surface area contributed by atoms with Crippen molar-refractivity contribution in [2.75, 3.05) is 0 Å². The van der Waals surface area contributed by atoms with Gasteiger partial charge < -0.3 is 21.1 Å². The van der Waals surface area contributed by atoms with Gasteiger partial charge in [-0.1, -0.05) is 12.1 Å². The summed E-state index contributed by atoms with van der Waals surface area (Å²) in [6.07, 6.45) is 2.79. The fraction of sp³-hybridized carbons (Fsp3) is 0.100. The summed E-state index contributed by atoms with van der Waals surface area (Å²) in [5.41, 5.74) is 8.09. The number of nitrogens with zero attached hydrogens (tertiary/aromatic N) is 2. The number of carboxylic acid groups (broad SMARTS) is 3. The molecule has 0 atom stereocenters. The molecule has 0 amide bonds. The van der Waals surface area contributed by atoms with Crippen molar-refractivity contribution in [2.24, 2.45) is 5.73 Å². The zero-order valence-corrected chi connectivity index (χ0v) is 15.4. The second kappa shape index (κ2) is 9.29. The summed E-state index contributed by atoms with van der Waals surface area (Å²) in [6.45, 7) is 2.10. The van der Waals surface area contributed by atoms with Crippen molar-refractivity contribution in [2.45, 2.75) is 13.5 Å². The number of hydrogen-bond acceptors (Lipinski definition) is 5. The predicted octanol–water partition coefficient (Wildman–Crippen LogP) is 2.42. The third kappa shape index (κ3) is 5.75. The van der Waals surface area contributed by atoms with Crippen LogP contribution in [-0.2, 0) is 6.54 Å². The fourth-order valence-corrected chi connectivity index (χ4v) is 2.43. The third-order valence-corrected chi connectivity index (χ3v) is 3.81. The van der Waals surface area contributed by atoms with Gasteiger partial charge in [-0.15, -0.1) is 0 Å². The van der Waals surface area contributed by atoms with Crippen molar-refractivity contribution < 1.29 is 29.7 Å². The molecule has 0 aliphatic heterocycles. The number of carboxylic acids is 3. The minimum absolute atomic E-state index is 0.00241. The van der Waals surface area contributed by atoms with Crippen LogP contribution in [-0.4, -0.2) is 43.0 Å². The highest BCUT2D eigenvalue weighted by atomic mass is 16.4. The van der Waals surface area contributed by atoms with Crippen LogP contribution in [0.1, 0.15) is 42.2 Å². The van der Waals surface area contributed by atoms with Crippen LogP contribution in [0.25, 0.3) is 5.69 Å². The Balaban J connectivity index is 0.000000212. The fourth-order valence-electron chi connectivity index (χ4n) is 2.43. The van der Waals surface area contributed by atoms with Gasteiger partial charge in [-0.25, -0.2) is 19.1 Å². The number of aryl methyl sites for hydroxylation is 1. The third-order valence-electron chi connectivity index (χ3n) is 3.81. The first kappa shape index (κ1) is 21.3. The molecule has 0 aliphatic carbocycles. The van der Waals surface area contributed by atoms with Gasteiger partial charge in [-0.05, 0) is 48.4 Å². The van der Waals surface area contributed by atoms with Crippen LogP contribution in [0.5, 0.6) is 0 Å². The minimum Gasteiger partial charge on any atom is -0.478 e. The number of benzene rings is 2. The van der Waals surface area contributed by atoms with E-state index in [1.165, 1.54) is 29.2 Å². The first-order valence-electron chi connectivity index (χ1n) is 8.37. The van der Waals surface area contributed by atoms with Gasteiger partial charge in [0.1, 0.15) is 0 Å². The molecule has 0 saturated heterocycles. The molecule has 1 heterocycles. The summed E-state index contributed by atoms with van der Waals surface area (Å²) in [5, 5.41) is 30.0. The van der Waals surface area contributed by atoms with Crippen LogP contribution in [0.4, 0.5) is 0 Å². The van der Waals surface area contributed by atoms with Gasteiger partial charge in [0.2, 0.25) is 0 Å². The van der Waals surface area contributed by atoms with Crippen LogP contribution in [0.2, 0.25) is 0 Å². The quantitative estimate of drug-likeness (QED) is 0.511. The average molecular weight is 397 g/mol. The minimum atomic E-state index is -1.12. The molecule has 0 radical (unpaired) electrons. The molecule has 1 aromatic heterocycles. The van der Waals surface area contributed by atoms with Gasteiger partial charge in [0, 0.05) is 12.7 Å². The maximum absolute atomic E-state index is 10.7. The number of rotatable bonds is 5. The molecule has 2 aromatic carbocycles. The number of aromatic nitrogens is 2. The molecule has 29 heavy (non-hydrogen) atoms. The van der Waals surface area contributed by atoms with Crippen LogP contribution < -0.4 is 5.73 Å². The molecule has 0 aliphatic rings. The average Bonchev–Trinajstić information content (AvgIpc) is 3.18. The van der Waals surface area contributed by atoms with Crippen molar-refractivity contribution in [3.05, 3.63) is 82.7 Å². The normalized spacial score (nSPS) is 10.0. The van der Waals surface area contributed by atoms with Crippen molar-refractivity contribution in [1.82, 2.24) is 9.78 Å². The lowest BCUT2D eigenvalue weighted by Crippen LogP contribution is -2.02. The summed E-state index contributed by atoms with van der Waals surface area (Å²) < 4.78 is 1.52. The Morgan fingerprint density at radius 2 is 1.52 bits per heavy atom. The lowest BCUT2D eigenvalue weighted by molar-refractivity contribution is 0.0682. The molecule has 0 bridgehead atoms. The lowest BCUT2D eigenvalue weighted by Gasteiger charge is -2.02. The van der Waals surface area contributed by atoms with Gasteiger partial charge in [-0.2, -0.15) is 5.10 Å². The van der Waals surface area contributed by atoms with E-state index in [9.17, 15) is 14.4 Å². The number of aromatic carboxylic acids is 3. The lowest BCUT2D eigenvalue weighted by atomic mass is 10.1. The number of hydrogen-bond donors (Lipinski definition) is 4. The molecule has 3 rings (SSSR count). The Bertz CT molecular complexity index is 1030. The van der Waals surface area contributed by atoms with E-state index in [4.69, 9.17) is 21.1 Å². The summed E-state index contributed by atoms with van der Waals surface area (Å²) >= 11 is 0. The Labute approximate surface area is 165 Å². The Morgan fingerprint density at radius 1 is 0.931 bits per heavy atom. The monoisotopic (exact) mass is 397 g/mol. The predicted molar refractivity (Wildman–Crippen MR) is 104 cm³/mol. The van der Waals surface area contributed by atoms with E-state index in [1.807, 2.05) is 24.3 Å². The topological polar surface area (TPSA) is 156 Å². The summed E-state index contributed by atoms with van der Waals surface area (Å²) in [6, 6.07) is 11.5. The molecule has 0 fully saturated rings. The maximum Gasteiger partial charge on any atom is 0.338 e. The van der Waals surface area contributed by atoms with E-state index in [1.54, 1.807) is 6.92 Å². The zero-order chi connectivity index (χ0) is 21.6. The summed E-state index contributed by atoms with van der Waals surface area (Å²) in [5.74, 6) is -3.22. The molecule has 0 spiro atoms. The van der Waals surface area contributed by atoms with Crippen LogP contribution >= 0.6 is 0 Å². The molecule has 150 valence electrons. The van der Waals surface area contributed by atoms with Crippen molar-refractivity contribution in [3.8, 4) is 5.69 Å². The van der Waals surface area contributed by atoms with Gasteiger partial charge in [0.05, 0.1) is 28.6 Å². The van der Waals surface area contributed by atoms with Crippen molar-refractivity contribution in [1.29, 1.82) is 0 Å². The van der Waals surface area contributed by atoms with E-state index < -0.39 is 17.9 Å². The second-order valence-corrected chi connectivity index (χ2v) is 6.05. The maximum atomic E-state index is 10.7. The Kier molecular flexibility index (Phi) is 6.83. The molecule has 9 nitrogen and oxygen atoms in total. The van der Waals surface area contributed by atoms with Crippen molar-refractivity contribution >= 4 is 17.9 Å². The van der Waals surface area contributed by atoms with Gasteiger partial charge >= 0.3 is 17.9 Å². The molecule has 5 N–H and O–H groups in total. The van der Waals surface area contributed by atoms with Gasteiger partial charge in [-0.3, -0.25) is 0 Å². The highest BCUT2D eigenvalue weighted by Gasteiger charge is 2.09. The van der Waals surface area contributed by atoms with Crippen molar-refractivity contribution in [3.63, 3.8) is 0 Å². The molecule has 3 aromatic rings. The highest BCUT2D eigenvalue weighted by molar-refractivity contribution is 5.94. The van der Waals surface area contributed by atoms with E-state index in [0.29, 0.717) is 12.1 Å². The van der Waals surface area contributed by atoms with E-state index in [-0.39, 0.29) is 16.7 Å². The van der Waals surface area contributed by atoms with Crippen LogP contribution in [0, 0.1) is 6.92 Å².